The normalized spacial score (nSPS) is 16.9. The number of hydrogen-bond acceptors (Lipinski definition) is 1. The summed E-state index contributed by atoms with van der Waals surface area (Å²) in [5.41, 5.74) is 5.27. The molecule has 4 aromatic rings. The molecule has 4 nitrogen and oxygen atoms in total. The van der Waals surface area contributed by atoms with Crippen LogP contribution >= 0.6 is 0 Å². The molecule has 1 unspecified atom stereocenters. The maximum Gasteiger partial charge on any atom is 0.268 e. The molecule has 1 atom stereocenters. The third-order valence-electron chi connectivity index (χ3n) is 5.19. The molecule has 0 bridgehead atoms. The Morgan fingerprint density at radius 3 is 2.68 bits per heavy atom. The van der Waals surface area contributed by atoms with Crippen LogP contribution in [0.25, 0.3) is 21.8 Å². The Labute approximate surface area is 145 Å². The number of aromatic nitrogens is 2. The molecule has 3 N–H and O–H groups in total. The highest BCUT2D eigenvalue weighted by Crippen LogP contribution is 2.34. The number of amides is 1. The second-order valence-corrected chi connectivity index (χ2v) is 6.75. The number of carbonyl (C=O) groups excluding carboxylic acids is 1. The Morgan fingerprint density at radius 1 is 1.00 bits per heavy atom. The zero-order valence-corrected chi connectivity index (χ0v) is 13.8. The van der Waals surface area contributed by atoms with Crippen LogP contribution in [0.2, 0.25) is 0 Å². The van der Waals surface area contributed by atoms with Crippen molar-refractivity contribution >= 4 is 27.7 Å². The standard InChI is InChI=1S/C21H19N3O/c25-21(19-12-13-6-1-3-9-16(13)22-19)24-18-11-5-8-15-14-7-2-4-10-17(14)23-20(15)18/h1-4,6-7,9-10,12,18,22-23H,5,8,11H2,(H,24,25). The number of rotatable bonds is 2. The largest absolute Gasteiger partial charge is 0.356 e. The van der Waals surface area contributed by atoms with Crippen molar-refractivity contribution in [1.82, 2.24) is 15.3 Å². The number of para-hydroxylation sites is 2. The van der Waals surface area contributed by atoms with Gasteiger partial charge in [0.25, 0.3) is 5.91 Å². The summed E-state index contributed by atoms with van der Waals surface area (Å²) >= 11 is 0. The van der Waals surface area contributed by atoms with E-state index in [4.69, 9.17) is 0 Å². The summed E-state index contributed by atoms with van der Waals surface area (Å²) in [6, 6.07) is 18.3. The Morgan fingerprint density at radius 2 is 1.80 bits per heavy atom. The van der Waals surface area contributed by atoms with Crippen LogP contribution in [-0.4, -0.2) is 15.9 Å². The molecule has 0 saturated heterocycles. The first-order valence-electron chi connectivity index (χ1n) is 8.78. The molecule has 4 heteroatoms. The lowest BCUT2D eigenvalue weighted by molar-refractivity contribution is 0.0927. The summed E-state index contributed by atoms with van der Waals surface area (Å²) in [7, 11) is 0. The van der Waals surface area contributed by atoms with Gasteiger partial charge in [0, 0.05) is 27.5 Å². The van der Waals surface area contributed by atoms with Gasteiger partial charge in [-0.3, -0.25) is 4.79 Å². The van der Waals surface area contributed by atoms with E-state index in [0.29, 0.717) is 5.69 Å². The van der Waals surface area contributed by atoms with Gasteiger partial charge in [0.15, 0.2) is 0 Å². The quantitative estimate of drug-likeness (QED) is 0.500. The minimum atomic E-state index is -0.0484. The number of hydrogen-bond donors (Lipinski definition) is 3. The minimum Gasteiger partial charge on any atom is -0.356 e. The number of benzene rings is 2. The van der Waals surface area contributed by atoms with Crippen LogP contribution < -0.4 is 5.32 Å². The minimum absolute atomic E-state index is 0.0371. The Hall–Kier alpha value is -3.01. The fraction of sp³-hybridized carbons (Fsp3) is 0.190. The van der Waals surface area contributed by atoms with Crippen molar-refractivity contribution in [2.75, 3.05) is 0 Å². The van der Waals surface area contributed by atoms with E-state index < -0.39 is 0 Å². The van der Waals surface area contributed by atoms with Gasteiger partial charge in [-0.25, -0.2) is 0 Å². The zero-order valence-electron chi connectivity index (χ0n) is 13.8. The van der Waals surface area contributed by atoms with Gasteiger partial charge in [-0.2, -0.15) is 0 Å². The molecule has 2 heterocycles. The average molecular weight is 329 g/mol. The highest BCUT2D eigenvalue weighted by molar-refractivity contribution is 5.98. The maximum atomic E-state index is 12.8. The van der Waals surface area contributed by atoms with E-state index in [0.717, 1.165) is 41.4 Å². The Kier molecular flexibility index (Phi) is 3.17. The zero-order chi connectivity index (χ0) is 16.8. The molecule has 0 radical (unpaired) electrons. The topological polar surface area (TPSA) is 60.7 Å². The van der Waals surface area contributed by atoms with E-state index >= 15 is 0 Å². The van der Waals surface area contributed by atoms with Crippen molar-refractivity contribution in [1.29, 1.82) is 0 Å². The number of fused-ring (bicyclic) bond motifs is 4. The van der Waals surface area contributed by atoms with Crippen LogP contribution in [0, 0.1) is 0 Å². The van der Waals surface area contributed by atoms with E-state index in [1.165, 1.54) is 10.9 Å². The molecule has 1 amide bonds. The third-order valence-corrected chi connectivity index (χ3v) is 5.19. The number of aromatic amines is 2. The molecule has 5 rings (SSSR count). The smallest absolute Gasteiger partial charge is 0.268 e. The van der Waals surface area contributed by atoms with Crippen molar-refractivity contribution in [2.24, 2.45) is 0 Å². The van der Waals surface area contributed by atoms with Crippen molar-refractivity contribution < 1.29 is 4.79 Å². The summed E-state index contributed by atoms with van der Waals surface area (Å²) in [6.07, 6.45) is 3.12. The van der Waals surface area contributed by atoms with Crippen LogP contribution in [0.5, 0.6) is 0 Å². The molecular weight excluding hydrogens is 310 g/mol. The van der Waals surface area contributed by atoms with E-state index in [9.17, 15) is 4.79 Å². The van der Waals surface area contributed by atoms with Gasteiger partial charge in [0.05, 0.1) is 6.04 Å². The van der Waals surface area contributed by atoms with E-state index in [1.807, 2.05) is 36.4 Å². The SMILES string of the molecule is O=C(NC1CCCc2c1[nH]c1ccccc21)c1cc2ccccc2[nH]1. The van der Waals surface area contributed by atoms with E-state index in [2.05, 4.69) is 33.5 Å². The number of nitrogens with one attached hydrogen (secondary N) is 3. The second kappa shape index (κ2) is 5.52. The van der Waals surface area contributed by atoms with Gasteiger partial charge < -0.3 is 15.3 Å². The van der Waals surface area contributed by atoms with Gasteiger partial charge in [0.2, 0.25) is 0 Å². The first-order valence-corrected chi connectivity index (χ1v) is 8.78. The van der Waals surface area contributed by atoms with Gasteiger partial charge in [0.1, 0.15) is 5.69 Å². The molecule has 124 valence electrons. The molecule has 0 aliphatic heterocycles. The maximum absolute atomic E-state index is 12.8. The van der Waals surface area contributed by atoms with Gasteiger partial charge in [-0.15, -0.1) is 0 Å². The van der Waals surface area contributed by atoms with Crippen LogP contribution in [0.3, 0.4) is 0 Å². The van der Waals surface area contributed by atoms with E-state index in [-0.39, 0.29) is 11.9 Å². The molecule has 25 heavy (non-hydrogen) atoms. The van der Waals surface area contributed by atoms with Gasteiger partial charge in [-0.1, -0.05) is 36.4 Å². The number of H-pyrrole nitrogens is 2. The van der Waals surface area contributed by atoms with Crippen molar-refractivity contribution in [3.05, 3.63) is 71.5 Å². The number of carbonyl (C=O) groups is 1. The first kappa shape index (κ1) is 14.3. The highest BCUT2D eigenvalue weighted by atomic mass is 16.1. The third kappa shape index (κ3) is 2.33. The molecule has 2 aromatic carbocycles. The molecular formula is C21H19N3O. The molecule has 0 saturated carbocycles. The lowest BCUT2D eigenvalue weighted by Crippen LogP contribution is -2.31. The predicted molar refractivity (Wildman–Crippen MR) is 99.7 cm³/mol. The lowest BCUT2D eigenvalue weighted by atomic mass is 9.91. The second-order valence-electron chi connectivity index (χ2n) is 6.75. The molecule has 1 aliphatic carbocycles. The van der Waals surface area contributed by atoms with Crippen LogP contribution in [0.4, 0.5) is 0 Å². The van der Waals surface area contributed by atoms with Crippen LogP contribution in [-0.2, 0) is 6.42 Å². The molecule has 2 aromatic heterocycles. The average Bonchev–Trinajstić information content (AvgIpc) is 3.24. The summed E-state index contributed by atoms with van der Waals surface area (Å²) in [5, 5.41) is 5.55. The van der Waals surface area contributed by atoms with E-state index in [1.54, 1.807) is 0 Å². The summed E-state index contributed by atoms with van der Waals surface area (Å²) in [4.78, 5) is 19.5. The van der Waals surface area contributed by atoms with Crippen molar-refractivity contribution in [3.63, 3.8) is 0 Å². The van der Waals surface area contributed by atoms with Crippen molar-refractivity contribution in [3.8, 4) is 0 Å². The number of aryl methyl sites for hydroxylation is 1. The predicted octanol–water partition coefficient (Wildman–Crippen LogP) is 4.46. The van der Waals surface area contributed by atoms with Gasteiger partial charge >= 0.3 is 0 Å². The lowest BCUT2D eigenvalue weighted by Gasteiger charge is -2.23. The summed E-state index contributed by atoms with van der Waals surface area (Å²) in [6.45, 7) is 0. The van der Waals surface area contributed by atoms with Crippen LogP contribution in [0.1, 0.15) is 40.6 Å². The first-order chi connectivity index (χ1) is 12.3. The van der Waals surface area contributed by atoms with Crippen LogP contribution in [0.15, 0.2) is 54.6 Å². The highest BCUT2D eigenvalue weighted by Gasteiger charge is 2.26. The molecule has 0 fully saturated rings. The Balaban J connectivity index is 1.47. The van der Waals surface area contributed by atoms with Crippen molar-refractivity contribution in [2.45, 2.75) is 25.3 Å². The van der Waals surface area contributed by atoms with Gasteiger partial charge in [-0.05, 0) is 43.0 Å². The monoisotopic (exact) mass is 329 g/mol. The molecule has 0 spiro atoms. The molecule has 1 aliphatic rings. The summed E-state index contributed by atoms with van der Waals surface area (Å²) in [5.74, 6) is -0.0484. The fourth-order valence-electron chi connectivity index (χ4n) is 3.99. The Bertz CT molecular complexity index is 1060. The fourth-order valence-corrected chi connectivity index (χ4v) is 3.99. The summed E-state index contributed by atoms with van der Waals surface area (Å²) < 4.78 is 0.